The molecular weight excluding hydrogens is 261 g/mol. The van der Waals surface area contributed by atoms with Crippen molar-refractivity contribution in [3.8, 4) is 11.3 Å². The van der Waals surface area contributed by atoms with Crippen molar-refractivity contribution in [2.45, 2.75) is 18.0 Å². The molecule has 1 heterocycles. The van der Waals surface area contributed by atoms with Gasteiger partial charge in [-0.05, 0) is 11.8 Å². The normalized spacial score (nSPS) is 11.8. The SMILES string of the molecule is CCSc1ccccc1-c1c[nH]c(C(F)(F)F)n1. The van der Waals surface area contributed by atoms with Gasteiger partial charge in [0.2, 0.25) is 5.82 Å². The minimum Gasteiger partial charge on any atom is -0.340 e. The molecule has 2 aromatic rings. The van der Waals surface area contributed by atoms with E-state index in [-0.39, 0.29) is 0 Å². The first-order valence-electron chi connectivity index (χ1n) is 5.37. The second-order valence-corrected chi connectivity index (χ2v) is 4.87. The third-order valence-electron chi connectivity index (χ3n) is 2.31. The minimum atomic E-state index is -4.44. The van der Waals surface area contributed by atoms with Gasteiger partial charge in [0.25, 0.3) is 0 Å². The smallest absolute Gasteiger partial charge is 0.340 e. The fraction of sp³-hybridized carbons (Fsp3) is 0.250. The van der Waals surface area contributed by atoms with Crippen molar-refractivity contribution in [2.24, 2.45) is 0 Å². The Morgan fingerprint density at radius 1 is 1.28 bits per heavy atom. The van der Waals surface area contributed by atoms with Crippen molar-refractivity contribution in [3.05, 3.63) is 36.3 Å². The number of rotatable bonds is 3. The van der Waals surface area contributed by atoms with Gasteiger partial charge in [-0.3, -0.25) is 0 Å². The highest BCUT2D eigenvalue weighted by molar-refractivity contribution is 7.99. The molecule has 0 spiro atoms. The van der Waals surface area contributed by atoms with E-state index in [1.807, 2.05) is 19.1 Å². The van der Waals surface area contributed by atoms with Crippen LogP contribution < -0.4 is 0 Å². The van der Waals surface area contributed by atoms with E-state index < -0.39 is 12.0 Å². The molecule has 0 radical (unpaired) electrons. The third-order valence-corrected chi connectivity index (χ3v) is 3.26. The zero-order valence-corrected chi connectivity index (χ0v) is 10.4. The second-order valence-electron chi connectivity index (χ2n) is 3.56. The predicted octanol–water partition coefficient (Wildman–Crippen LogP) is 4.21. The molecule has 0 aliphatic carbocycles. The van der Waals surface area contributed by atoms with Crippen molar-refractivity contribution in [1.29, 1.82) is 0 Å². The fourth-order valence-corrected chi connectivity index (χ4v) is 2.38. The first-order chi connectivity index (χ1) is 8.52. The van der Waals surface area contributed by atoms with Crippen LogP contribution in [0.4, 0.5) is 13.2 Å². The number of aromatic amines is 1. The Bertz CT molecular complexity index is 534. The van der Waals surface area contributed by atoms with Crippen LogP contribution in [-0.4, -0.2) is 15.7 Å². The van der Waals surface area contributed by atoms with E-state index in [1.165, 1.54) is 6.20 Å². The summed E-state index contributed by atoms with van der Waals surface area (Å²) in [5.74, 6) is -0.109. The molecule has 6 heteroatoms. The van der Waals surface area contributed by atoms with E-state index >= 15 is 0 Å². The first-order valence-corrected chi connectivity index (χ1v) is 6.35. The zero-order valence-electron chi connectivity index (χ0n) is 9.58. The van der Waals surface area contributed by atoms with E-state index in [1.54, 1.807) is 23.9 Å². The standard InChI is InChI=1S/C12H11F3N2S/c1-2-18-10-6-4-3-5-8(10)9-7-16-11(17-9)12(13,14)15/h3-7H,2H2,1H3,(H,16,17). The van der Waals surface area contributed by atoms with Gasteiger partial charge in [0.15, 0.2) is 0 Å². The summed E-state index contributed by atoms with van der Waals surface area (Å²) in [7, 11) is 0. The Kier molecular flexibility index (Phi) is 3.65. The van der Waals surface area contributed by atoms with Crippen molar-refractivity contribution in [2.75, 3.05) is 5.75 Å². The van der Waals surface area contributed by atoms with E-state index in [9.17, 15) is 13.2 Å². The maximum Gasteiger partial charge on any atom is 0.449 e. The lowest BCUT2D eigenvalue weighted by Gasteiger charge is -2.05. The van der Waals surface area contributed by atoms with Crippen LogP contribution in [0, 0.1) is 0 Å². The van der Waals surface area contributed by atoms with Crippen LogP contribution in [0.15, 0.2) is 35.4 Å². The van der Waals surface area contributed by atoms with E-state index in [4.69, 9.17) is 0 Å². The summed E-state index contributed by atoms with van der Waals surface area (Å²) in [4.78, 5) is 6.70. The van der Waals surface area contributed by atoms with Crippen LogP contribution in [0.2, 0.25) is 0 Å². The highest BCUT2D eigenvalue weighted by Gasteiger charge is 2.34. The largest absolute Gasteiger partial charge is 0.449 e. The highest BCUT2D eigenvalue weighted by atomic mass is 32.2. The lowest BCUT2D eigenvalue weighted by atomic mass is 10.2. The maximum absolute atomic E-state index is 12.5. The van der Waals surface area contributed by atoms with Crippen LogP contribution in [0.3, 0.4) is 0 Å². The second kappa shape index (κ2) is 5.06. The summed E-state index contributed by atoms with van der Waals surface area (Å²) in [6.45, 7) is 1.99. The van der Waals surface area contributed by atoms with E-state index in [2.05, 4.69) is 9.97 Å². The Balaban J connectivity index is 2.40. The molecule has 1 aromatic heterocycles. The molecule has 0 saturated heterocycles. The fourth-order valence-electron chi connectivity index (χ4n) is 1.56. The van der Waals surface area contributed by atoms with Gasteiger partial charge in [0.05, 0.1) is 5.69 Å². The summed E-state index contributed by atoms with van der Waals surface area (Å²) < 4.78 is 37.4. The summed E-state index contributed by atoms with van der Waals surface area (Å²) in [6, 6.07) is 7.30. The number of thioether (sulfide) groups is 1. The number of halogens is 3. The summed E-state index contributed by atoms with van der Waals surface area (Å²) in [5, 5.41) is 0. The van der Waals surface area contributed by atoms with Gasteiger partial charge in [-0.25, -0.2) is 4.98 Å². The third kappa shape index (κ3) is 2.69. The zero-order chi connectivity index (χ0) is 13.2. The molecule has 0 aliphatic rings. The van der Waals surface area contributed by atoms with Gasteiger partial charge in [0.1, 0.15) is 0 Å². The van der Waals surface area contributed by atoms with Gasteiger partial charge in [-0.15, -0.1) is 11.8 Å². The highest BCUT2D eigenvalue weighted by Crippen LogP contribution is 2.33. The molecule has 0 atom stereocenters. The molecule has 96 valence electrons. The molecule has 0 unspecified atom stereocenters. The molecule has 18 heavy (non-hydrogen) atoms. The number of benzene rings is 1. The van der Waals surface area contributed by atoms with Crippen molar-refractivity contribution >= 4 is 11.8 Å². The van der Waals surface area contributed by atoms with Crippen LogP contribution in [-0.2, 0) is 6.18 Å². The molecule has 0 saturated carbocycles. The van der Waals surface area contributed by atoms with Crippen LogP contribution >= 0.6 is 11.8 Å². The average Bonchev–Trinajstić information content (AvgIpc) is 2.79. The lowest BCUT2D eigenvalue weighted by molar-refractivity contribution is -0.144. The lowest BCUT2D eigenvalue weighted by Crippen LogP contribution is -2.07. The number of H-pyrrole nitrogens is 1. The summed E-state index contributed by atoms with van der Waals surface area (Å²) in [6.07, 6.45) is -3.15. The number of nitrogens with zero attached hydrogens (tertiary/aromatic N) is 1. The van der Waals surface area contributed by atoms with E-state index in [0.29, 0.717) is 5.69 Å². The Morgan fingerprint density at radius 3 is 2.61 bits per heavy atom. The Morgan fingerprint density at radius 2 is 2.00 bits per heavy atom. The van der Waals surface area contributed by atoms with Gasteiger partial charge in [-0.2, -0.15) is 13.2 Å². The van der Waals surface area contributed by atoms with Crippen molar-refractivity contribution in [1.82, 2.24) is 9.97 Å². The van der Waals surface area contributed by atoms with Crippen LogP contribution in [0.5, 0.6) is 0 Å². The molecule has 2 nitrogen and oxygen atoms in total. The van der Waals surface area contributed by atoms with Gasteiger partial charge in [0, 0.05) is 16.7 Å². The summed E-state index contributed by atoms with van der Waals surface area (Å²) >= 11 is 1.58. The molecule has 1 N–H and O–H groups in total. The number of alkyl halides is 3. The number of imidazole rings is 1. The number of aromatic nitrogens is 2. The number of nitrogens with one attached hydrogen (secondary N) is 1. The molecular formula is C12H11F3N2S. The van der Waals surface area contributed by atoms with Gasteiger partial charge < -0.3 is 4.98 Å². The summed E-state index contributed by atoms with van der Waals surface area (Å²) in [5.41, 5.74) is 1.04. The molecule has 0 fully saturated rings. The monoisotopic (exact) mass is 272 g/mol. The number of hydrogen-bond acceptors (Lipinski definition) is 2. The number of hydrogen-bond donors (Lipinski definition) is 1. The molecule has 1 aromatic carbocycles. The molecule has 0 bridgehead atoms. The van der Waals surface area contributed by atoms with Gasteiger partial charge in [-0.1, -0.05) is 25.1 Å². The van der Waals surface area contributed by atoms with Crippen LogP contribution in [0.1, 0.15) is 12.7 Å². The maximum atomic E-state index is 12.5. The topological polar surface area (TPSA) is 28.7 Å². The first kappa shape index (κ1) is 13.0. The Hall–Kier alpha value is -1.43. The van der Waals surface area contributed by atoms with Crippen molar-refractivity contribution in [3.63, 3.8) is 0 Å². The molecule has 0 amide bonds. The molecule has 2 rings (SSSR count). The molecule has 0 aliphatic heterocycles. The predicted molar refractivity (Wildman–Crippen MR) is 65.4 cm³/mol. The quantitative estimate of drug-likeness (QED) is 0.848. The van der Waals surface area contributed by atoms with Gasteiger partial charge >= 0.3 is 6.18 Å². The van der Waals surface area contributed by atoms with Crippen molar-refractivity contribution < 1.29 is 13.2 Å². The minimum absolute atomic E-state index is 0.318. The van der Waals surface area contributed by atoms with E-state index in [0.717, 1.165) is 16.2 Å². The van der Waals surface area contributed by atoms with Crippen LogP contribution in [0.25, 0.3) is 11.3 Å². The Labute approximate surface area is 107 Å². The average molecular weight is 272 g/mol.